The highest BCUT2D eigenvalue weighted by atomic mass is 19.4. The van der Waals surface area contributed by atoms with Crippen molar-refractivity contribution in [3.05, 3.63) is 75.6 Å². The summed E-state index contributed by atoms with van der Waals surface area (Å²) in [5, 5.41) is 10.6. The maximum atomic E-state index is 12.9. The van der Waals surface area contributed by atoms with Gasteiger partial charge in [-0.3, -0.25) is 4.79 Å². The fourth-order valence-electron chi connectivity index (χ4n) is 3.04. The van der Waals surface area contributed by atoms with Crippen LogP contribution in [0.4, 0.5) is 13.2 Å². The number of benzene rings is 2. The number of halogens is 3. The Hall–Kier alpha value is -3.09. The Labute approximate surface area is 151 Å². The van der Waals surface area contributed by atoms with Crippen LogP contribution in [0.5, 0.6) is 5.75 Å². The van der Waals surface area contributed by atoms with Gasteiger partial charge < -0.3 is 9.52 Å². The van der Waals surface area contributed by atoms with E-state index < -0.39 is 29.0 Å². The van der Waals surface area contributed by atoms with E-state index in [0.717, 1.165) is 12.1 Å². The minimum atomic E-state index is -4.61. The molecule has 7 heteroatoms. The number of Topliss-reactive ketones (excluding diaryl/α,β-unsaturated/α-hetero) is 1. The Morgan fingerprint density at radius 1 is 1.15 bits per heavy atom. The van der Waals surface area contributed by atoms with Crippen molar-refractivity contribution in [2.24, 2.45) is 0 Å². The third-order valence-electron chi connectivity index (χ3n) is 4.28. The van der Waals surface area contributed by atoms with Gasteiger partial charge in [-0.1, -0.05) is 30.3 Å². The highest BCUT2D eigenvalue weighted by Gasteiger charge is 2.32. The number of rotatable bonds is 4. The van der Waals surface area contributed by atoms with Crippen LogP contribution in [0.25, 0.3) is 11.0 Å². The third kappa shape index (κ3) is 3.72. The third-order valence-corrected chi connectivity index (χ3v) is 4.28. The first-order chi connectivity index (χ1) is 12.7. The molecule has 0 aliphatic heterocycles. The summed E-state index contributed by atoms with van der Waals surface area (Å²) in [7, 11) is 0. The van der Waals surface area contributed by atoms with Gasteiger partial charge in [-0.05, 0) is 30.7 Å². The van der Waals surface area contributed by atoms with E-state index in [-0.39, 0.29) is 28.7 Å². The van der Waals surface area contributed by atoms with E-state index in [9.17, 15) is 27.9 Å². The molecule has 1 heterocycles. The molecule has 1 unspecified atom stereocenters. The molecule has 140 valence electrons. The van der Waals surface area contributed by atoms with Crippen molar-refractivity contribution in [2.75, 3.05) is 0 Å². The molecule has 3 rings (SSSR count). The molecule has 0 aliphatic carbocycles. The van der Waals surface area contributed by atoms with Crippen molar-refractivity contribution in [3.8, 4) is 5.75 Å². The molecule has 3 aromatic rings. The quantitative estimate of drug-likeness (QED) is 0.674. The molecule has 4 nitrogen and oxygen atoms in total. The van der Waals surface area contributed by atoms with E-state index in [4.69, 9.17) is 4.42 Å². The zero-order valence-electron chi connectivity index (χ0n) is 14.2. The van der Waals surface area contributed by atoms with Crippen molar-refractivity contribution < 1.29 is 27.5 Å². The monoisotopic (exact) mass is 376 g/mol. The lowest BCUT2D eigenvalue weighted by Crippen LogP contribution is -2.16. The minimum Gasteiger partial charge on any atom is -0.507 e. The summed E-state index contributed by atoms with van der Waals surface area (Å²) in [6, 6.07) is 11.1. The number of fused-ring (bicyclic) bond motifs is 1. The number of hydrogen-bond acceptors (Lipinski definition) is 4. The largest absolute Gasteiger partial charge is 0.507 e. The van der Waals surface area contributed by atoms with Gasteiger partial charge in [0.2, 0.25) is 0 Å². The minimum absolute atomic E-state index is 0.0258. The lowest BCUT2D eigenvalue weighted by Gasteiger charge is -2.17. The van der Waals surface area contributed by atoms with Crippen LogP contribution in [0.2, 0.25) is 0 Å². The van der Waals surface area contributed by atoms with Crippen molar-refractivity contribution in [2.45, 2.75) is 25.4 Å². The van der Waals surface area contributed by atoms with Gasteiger partial charge in [-0.15, -0.1) is 0 Å². The van der Waals surface area contributed by atoms with Crippen LogP contribution in [0.3, 0.4) is 0 Å². The molecule has 27 heavy (non-hydrogen) atoms. The number of alkyl halides is 3. The smallest absolute Gasteiger partial charge is 0.416 e. The summed E-state index contributed by atoms with van der Waals surface area (Å²) in [4.78, 5) is 24.2. The number of carbonyl (C=O) groups excluding carboxylic acids is 1. The van der Waals surface area contributed by atoms with Crippen LogP contribution in [0, 0.1) is 0 Å². The SMILES string of the molecule is CC(=O)CC(c1ccccc1)c1c(O)c2ccc(C(F)(F)F)cc2oc1=O. The highest BCUT2D eigenvalue weighted by molar-refractivity contribution is 5.86. The van der Waals surface area contributed by atoms with Crippen molar-refractivity contribution in [1.82, 2.24) is 0 Å². The summed E-state index contributed by atoms with van der Waals surface area (Å²) in [6.07, 6.45) is -4.67. The topological polar surface area (TPSA) is 67.5 Å². The highest BCUT2D eigenvalue weighted by Crippen LogP contribution is 2.38. The standard InChI is InChI=1S/C20H15F3O4/c1-11(24)9-15(12-5-3-2-4-6-12)17-18(25)14-8-7-13(20(21,22)23)10-16(14)27-19(17)26/h2-8,10,15,25H,9H2,1H3. The van der Waals surface area contributed by atoms with Crippen LogP contribution < -0.4 is 5.63 Å². The molecule has 0 fully saturated rings. The average Bonchev–Trinajstić information content (AvgIpc) is 2.60. The van der Waals surface area contributed by atoms with Gasteiger partial charge >= 0.3 is 11.8 Å². The second kappa shape index (κ2) is 6.90. The zero-order chi connectivity index (χ0) is 19.8. The number of ketones is 1. The summed E-state index contributed by atoms with van der Waals surface area (Å²) >= 11 is 0. The second-order valence-electron chi connectivity index (χ2n) is 6.23. The molecule has 1 N–H and O–H groups in total. The van der Waals surface area contributed by atoms with Crippen LogP contribution in [-0.2, 0) is 11.0 Å². The fourth-order valence-corrected chi connectivity index (χ4v) is 3.04. The molecule has 1 aromatic heterocycles. The van der Waals surface area contributed by atoms with E-state index in [1.807, 2.05) is 0 Å². The first-order valence-corrected chi connectivity index (χ1v) is 8.09. The summed E-state index contributed by atoms with van der Waals surface area (Å²) in [5.74, 6) is -1.47. The van der Waals surface area contributed by atoms with Crippen LogP contribution in [0.1, 0.15) is 36.0 Å². The van der Waals surface area contributed by atoms with Crippen LogP contribution in [0.15, 0.2) is 57.7 Å². The van der Waals surface area contributed by atoms with Gasteiger partial charge in [0.1, 0.15) is 17.1 Å². The molecule has 0 aliphatic rings. The van der Waals surface area contributed by atoms with Crippen molar-refractivity contribution >= 4 is 16.8 Å². The van der Waals surface area contributed by atoms with Gasteiger partial charge in [0, 0.05) is 12.3 Å². The lowest BCUT2D eigenvalue weighted by atomic mass is 9.87. The summed E-state index contributed by atoms with van der Waals surface area (Å²) in [5.41, 5.74) is -1.88. The zero-order valence-corrected chi connectivity index (χ0v) is 14.2. The maximum Gasteiger partial charge on any atom is 0.416 e. The first kappa shape index (κ1) is 18.7. The van der Waals surface area contributed by atoms with Gasteiger partial charge in [0.05, 0.1) is 16.5 Å². The fraction of sp³-hybridized carbons (Fsp3) is 0.200. The molecule has 0 saturated carbocycles. The first-order valence-electron chi connectivity index (χ1n) is 8.09. The summed E-state index contributed by atoms with van der Waals surface area (Å²) in [6.45, 7) is 1.35. The Bertz CT molecular complexity index is 1050. The maximum absolute atomic E-state index is 12.9. The molecule has 1 atom stereocenters. The lowest BCUT2D eigenvalue weighted by molar-refractivity contribution is -0.137. The van der Waals surface area contributed by atoms with E-state index >= 15 is 0 Å². The number of aromatic hydroxyl groups is 1. The van der Waals surface area contributed by atoms with Crippen molar-refractivity contribution in [3.63, 3.8) is 0 Å². The average molecular weight is 376 g/mol. The Morgan fingerprint density at radius 2 is 1.81 bits per heavy atom. The molecule has 0 radical (unpaired) electrons. The molecule has 0 amide bonds. The molecular weight excluding hydrogens is 361 g/mol. The summed E-state index contributed by atoms with van der Waals surface area (Å²) < 4.78 is 43.7. The Balaban J connectivity index is 2.23. The van der Waals surface area contributed by atoms with E-state index in [2.05, 4.69) is 0 Å². The normalized spacial score (nSPS) is 12.9. The van der Waals surface area contributed by atoms with Crippen LogP contribution in [-0.4, -0.2) is 10.9 Å². The van der Waals surface area contributed by atoms with Gasteiger partial charge in [-0.2, -0.15) is 13.2 Å². The Morgan fingerprint density at radius 3 is 2.41 bits per heavy atom. The van der Waals surface area contributed by atoms with Gasteiger partial charge in [0.15, 0.2) is 0 Å². The molecule has 0 spiro atoms. The van der Waals surface area contributed by atoms with Gasteiger partial charge in [-0.25, -0.2) is 4.79 Å². The van der Waals surface area contributed by atoms with E-state index in [1.54, 1.807) is 30.3 Å². The molecule has 0 bridgehead atoms. The van der Waals surface area contributed by atoms with Gasteiger partial charge in [0.25, 0.3) is 0 Å². The number of hydrogen-bond donors (Lipinski definition) is 1. The second-order valence-corrected chi connectivity index (χ2v) is 6.23. The molecule has 2 aromatic carbocycles. The van der Waals surface area contributed by atoms with E-state index in [1.165, 1.54) is 6.92 Å². The molecular formula is C20H15F3O4. The predicted molar refractivity (Wildman–Crippen MR) is 92.7 cm³/mol. The van der Waals surface area contributed by atoms with E-state index in [0.29, 0.717) is 11.6 Å². The Kier molecular flexibility index (Phi) is 4.78. The van der Waals surface area contributed by atoms with Crippen molar-refractivity contribution in [1.29, 1.82) is 0 Å². The number of carbonyl (C=O) groups is 1. The van der Waals surface area contributed by atoms with Crippen LogP contribution >= 0.6 is 0 Å². The predicted octanol–water partition coefficient (Wildman–Crippen LogP) is 4.63. The molecule has 0 saturated heterocycles.